The number of benzene rings is 2. The molecule has 0 saturated carbocycles. The fourth-order valence-electron chi connectivity index (χ4n) is 3.24. The molecule has 0 spiro atoms. The van der Waals surface area contributed by atoms with Gasteiger partial charge in [-0.25, -0.2) is 0 Å². The van der Waals surface area contributed by atoms with Crippen molar-refractivity contribution in [2.24, 2.45) is 5.73 Å². The van der Waals surface area contributed by atoms with Gasteiger partial charge in [0.2, 0.25) is 5.91 Å². The largest absolute Gasteiger partial charge is 0.362 e. The van der Waals surface area contributed by atoms with Crippen molar-refractivity contribution >= 4 is 17.3 Å². The van der Waals surface area contributed by atoms with E-state index in [-0.39, 0.29) is 16.5 Å². The van der Waals surface area contributed by atoms with Gasteiger partial charge in [0.15, 0.2) is 0 Å². The molecular formula is C19H22N4O3. The molecule has 2 aromatic carbocycles. The highest BCUT2D eigenvalue weighted by molar-refractivity contribution is 5.82. The summed E-state index contributed by atoms with van der Waals surface area (Å²) in [5.74, 6) is -0.0731. The van der Waals surface area contributed by atoms with Crippen LogP contribution in [0.3, 0.4) is 0 Å². The lowest BCUT2D eigenvalue weighted by Crippen LogP contribution is -2.53. The van der Waals surface area contributed by atoms with Gasteiger partial charge in [-0.15, -0.1) is 0 Å². The molecule has 2 aromatic rings. The highest BCUT2D eigenvalue weighted by Crippen LogP contribution is 2.28. The summed E-state index contributed by atoms with van der Waals surface area (Å²) in [6.45, 7) is 2.12. The van der Waals surface area contributed by atoms with Crippen molar-refractivity contribution in [1.82, 2.24) is 4.90 Å². The fraction of sp³-hybridized carbons (Fsp3) is 0.316. The molecule has 1 amide bonds. The normalized spacial score (nSPS) is 15.6. The summed E-state index contributed by atoms with van der Waals surface area (Å²) >= 11 is 0. The van der Waals surface area contributed by atoms with Crippen LogP contribution < -0.4 is 10.6 Å². The molecular weight excluding hydrogens is 332 g/mol. The summed E-state index contributed by atoms with van der Waals surface area (Å²) in [6, 6.07) is 15.8. The van der Waals surface area contributed by atoms with E-state index in [0.717, 1.165) is 5.56 Å². The van der Waals surface area contributed by atoms with E-state index in [4.69, 9.17) is 5.73 Å². The number of nitrogens with zero attached hydrogens (tertiary/aromatic N) is 3. The van der Waals surface area contributed by atoms with E-state index >= 15 is 0 Å². The van der Waals surface area contributed by atoms with Gasteiger partial charge < -0.3 is 15.5 Å². The molecule has 0 aliphatic carbocycles. The standard InChI is InChI=1S/C19H22N4O3/c20-16(14-15-6-2-1-3-7-15)19(24)22-12-10-21(11-13-22)17-8-4-5-9-18(17)23(25)26/h1-9,16H,10-14,20H2. The number of nitro benzene ring substituents is 1. The first-order chi connectivity index (χ1) is 12.6. The molecule has 1 heterocycles. The third-order valence-corrected chi connectivity index (χ3v) is 4.63. The van der Waals surface area contributed by atoms with E-state index in [9.17, 15) is 14.9 Å². The van der Waals surface area contributed by atoms with Crippen LogP contribution in [0.25, 0.3) is 0 Å². The van der Waals surface area contributed by atoms with Gasteiger partial charge in [0.05, 0.1) is 11.0 Å². The van der Waals surface area contributed by atoms with Crippen LogP contribution in [0.5, 0.6) is 0 Å². The molecule has 1 unspecified atom stereocenters. The van der Waals surface area contributed by atoms with Crippen molar-refractivity contribution in [2.45, 2.75) is 12.5 Å². The number of carbonyl (C=O) groups is 1. The number of anilines is 1. The van der Waals surface area contributed by atoms with E-state index < -0.39 is 6.04 Å². The van der Waals surface area contributed by atoms with Crippen LogP contribution in [0.15, 0.2) is 54.6 Å². The van der Waals surface area contributed by atoms with Crippen molar-refractivity contribution in [3.05, 3.63) is 70.3 Å². The van der Waals surface area contributed by atoms with E-state index in [2.05, 4.69) is 0 Å². The summed E-state index contributed by atoms with van der Waals surface area (Å²) < 4.78 is 0. The van der Waals surface area contributed by atoms with Gasteiger partial charge in [-0.3, -0.25) is 14.9 Å². The lowest BCUT2D eigenvalue weighted by atomic mass is 10.1. The Hall–Kier alpha value is -2.93. The first-order valence-electron chi connectivity index (χ1n) is 8.63. The minimum Gasteiger partial charge on any atom is -0.362 e. The molecule has 1 fully saturated rings. The quantitative estimate of drug-likeness (QED) is 0.653. The number of amides is 1. The zero-order valence-corrected chi connectivity index (χ0v) is 14.5. The summed E-state index contributed by atoms with van der Waals surface area (Å²) in [5.41, 5.74) is 7.82. The maximum atomic E-state index is 12.6. The first-order valence-corrected chi connectivity index (χ1v) is 8.63. The number of para-hydroxylation sites is 2. The zero-order chi connectivity index (χ0) is 18.5. The number of piperazine rings is 1. The second-order valence-electron chi connectivity index (χ2n) is 6.35. The molecule has 1 saturated heterocycles. The van der Waals surface area contributed by atoms with Crippen LogP contribution in [-0.2, 0) is 11.2 Å². The number of hydrogen-bond donors (Lipinski definition) is 1. The lowest BCUT2D eigenvalue weighted by Gasteiger charge is -2.36. The SMILES string of the molecule is NC(Cc1ccccc1)C(=O)N1CCN(c2ccccc2[N+](=O)[O-])CC1. The molecule has 1 atom stereocenters. The first kappa shape index (κ1) is 17.9. The van der Waals surface area contributed by atoms with Crippen LogP contribution in [0.4, 0.5) is 11.4 Å². The highest BCUT2D eigenvalue weighted by atomic mass is 16.6. The summed E-state index contributed by atoms with van der Waals surface area (Å²) in [6.07, 6.45) is 0.504. The molecule has 2 N–H and O–H groups in total. The van der Waals surface area contributed by atoms with Gasteiger partial charge in [0.1, 0.15) is 5.69 Å². The Bertz CT molecular complexity index is 773. The van der Waals surface area contributed by atoms with Gasteiger partial charge in [-0.05, 0) is 18.1 Å². The Morgan fingerprint density at radius 2 is 1.65 bits per heavy atom. The molecule has 7 heteroatoms. The molecule has 0 aromatic heterocycles. The fourth-order valence-corrected chi connectivity index (χ4v) is 3.24. The van der Waals surface area contributed by atoms with Crippen molar-refractivity contribution in [2.75, 3.05) is 31.1 Å². The second kappa shape index (κ2) is 7.97. The number of carbonyl (C=O) groups excluding carboxylic acids is 1. The molecule has 136 valence electrons. The molecule has 0 bridgehead atoms. The van der Waals surface area contributed by atoms with E-state index in [0.29, 0.717) is 38.3 Å². The van der Waals surface area contributed by atoms with Crippen molar-refractivity contribution in [3.8, 4) is 0 Å². The van der Waals surface area contributed by atoms with Crippen molar-refractivity contribution in [3.63, 3.8) is 0 Å². The van der Waals surface area contributed by atoms with E-state index in [1.807, 2.05) is 35.2 Å². The van der Waals surface area contributed by atoms with E-state index in [1.54, 1.807) is 23.1 Å². The minimum absolute atomic E-state index is 0.0731. The Balaban J connectivity index is 1.60. The predicted molar refractivity (Wildman–Crippen MR) is 100 cm³/mol. The number of rotatable bonds is 5. The Kier molecular flexibility index (Phi) is 5.48. The smallest absolute Gasteiger partial charge is 0.292 e. The molecule has 1 aliphatic rings. The van der Waals surface area contributed by atoms with Crippen LogP contribution >= 0.6 is 0 Å². The molecule has 3 rings (SSSR count). The molecule has 1 aliphatic heterocycles. The summed E-state index contributed by atoms with van der Waals surface area (Å²) in [7, 11) is 0. The Morgan fingerprint density at radius 1 is 1.04 bits per heavy atom. The van der Waals surface area contributed by atoms with Gasteiger partial charge in [0.25, 0.3) is 5.69 Å². The van der Waals surface area contributed by atoms with Gasteiger partial charge in [-0.1, -0.05) is 42.5 Å². The average molecular weight is 354 g/mol. The van der Waals surface area contributed by atoms with E-state index in [1.165, 1.54) is 6.07 Å². The molecule has 0 radical (unpaired) electrons. The van der Waals surface area contributed by atoms with Crippen LogP contribution in [-0.4, -0.2) is 48.0 Å². The lowest BCUT2D eigenvalue weighted by molar-refractivity contribution is -0.384. The second-order valence-corrected chi connectivity index (χ2v) is 6.35. The average Bonchev–Trinajstić information content (AvgIpc) is 2.68. The summed E-state index contributed by atoms with van der Waals surface area (Å²) in [4.78, 5) is 27.1. The predicted octanol–water partition coefficient (Wildman–Crippen LogP) is 1.81. The van der Waals surface area contributed by atoms with Gasteiger partial charge in [0, 0.05) is 32.2 Å². The zero-order valence-electron chi connectivity index (χ0n) is 14.5. The minimum atomic E-state index is -0.574. The van der Waals surface area contributed by atoms with Crippen LogP contribution in [0, 0.1) is 10.1 Å². The third kappa shape index (κ3) is 4.00. The maximum absolute atomic E-state index is 12.6. The maximum Gasteiger partial charge on any atom is 0.292 e. The molecule has 26 heavy (non-hydrogen) atoms. The third-order valence-electron chi connectivity index (χ3n) is 4.63. The molecule has 7 nitrogen and oxygen atoms in total. The van der Waals surface area contributed by atoms with Crippen LogP contribution in [0.2, 0.25) is 0 Å². The number of nitro groups is 1. The van der Waals surface area contributed by atoms with Crippen molar-refractivity contribution in [1.29, 1.82) is 0 Å². The highest BCUT2D eigenvalue weighted by Gasteiger charge is 2.27. The van der Waals surface area contributed by atoms with Crippen molar-refractivity contribution < 1.29 is 9.72 Å². The number of nitrogens with two attached hydrogens (primary N) is 1. The van der Waals surface area contributed by atoms with Gasteiger partial charge in [-0.2, -0.15) is 0 Å². The number of hydrogen-bond acceptors (Lipinski definition) is 5. The topological polar surface area (TPSA) is 92.7 Å². The van der Waals surface area contributed by atoms with Crippen LogP contribution in [0.1, 0.15) is 5.56 Å². The van der Waals surface area contributed by atoms with Gasteiger partial charge >= 0.3 is 0 Å². The Morgan fingerprint density at radius 3 is 2.31 bits per heavy atom. The summed E-state index contributed by atoms with van der Waals surface area (Å²) in [5, 5.41) is 11.2. The monoisotopic (exact) mass is 354 g/mol. The Labute approximate surface area is 152 Å².